The van der Waals surface area contributed by atoms with E-state index in [-0.39, 0.29) is 45.9 Å². The average molecular weight is 634 g/mol. The molecule has 1 aromatic heterocycles. The lowest BCUT2D eigenvalue weighted by molar-refractivity contribution is -0.140. The number of hydrogen-bond acceptors (Lipinski definition) is 7. The summed E-state index contributed by atoms with van der Waals surface area (Å²) in [5, 5.41) is 5.94. The van der Waals surface area contributed by atoms with Crippen LogP contribution in [0.2, 0.25) is 0 Å². The highest BCUT2D eigenvalue weighted by Gasteiger charge is 2.30. The molecule has 0 atom stereocenters. The van der Waals surface area contributed by atoms with Crippen LogP contribution < -0.4 is 15.4 Å². The molecule has 0 bridgehead atoms. The number of alkyl halides is 3. The third kappa shape index (κ3) is 8.02. The van der Waals surface area contributed by atoms with Gasteiger partial charge in [-0.15, -0.1) is 0 Å². The summed E-state index contributed by atoms with van der Waals surface area (Å²) >= 11 is 0. The first-order valence-corrected chi connectivity index (χ1v) is 15.8. The van der Waals surface area contributed by atoms with Gasteiger partial charge in [-0.3, -0.25) is 9.59 Å². The zero-order valence-electron chi connectivity index (χ0n) is 24.8. The van der Waals surface area contributed by atoms with Gasteiger partial charge in [0.1, 0.15) is 17.8 Å². The molecule has 0 unspecified atom stereocenters. The summed E-state index contributed by atoms with van der Waals surface area (Å²) in [5.74, 6) is 5.58. The van der Waals surface area contributed by atoms with Crippen LogP contribution in [0.25, 0.3) is 11.0 Å². The van der Waals surface area contributed by atoms with Crippen LogP contribution >= 0.6 is 0 Å². The van der Waals surface area contributed by atoms with Crippen molar-refractivity contribution < 1.29 is 35.9 Å². The number of benzene rings is 2. The third-order valence-corrected chi connectivity index (χ3v) is 8.26. The van der Waals surface area contributed by atoms with Gasteiger partial charge >= 0.3 is 6.18 Å². The van der Waals surface area contributed by atoms with E-state index in [1.54, 1.807) is 4.90 Å². The number of sulfone groups is 1. The van der Waals surface area contributed by atoms with Gasteiger partial charge in [-0.25, -0.2) is 13.4 Å². The van der Waals surface area contributed by atoms with E-state index in [4.69, 9.17) is 4.74 Å². The lowest BCUT2D eigenvalue weighted by atomic mass is 10.0. The normalized spacial score (nSPS) is 14.3. The smallest absolute Gasteiger partial charge is 0.406 e. The van der Waals surface area contributed by atoms with Crippen LogP contribution in [0.3, 0.4) is 0 Å². The van der Waals surface area contributed by atoms with Crippen LogP contribution in [0.5, 0.6) is 5.75 Å². The zero-order chi connectivity index (χ0) is 32.2. The molecule has 2 heterocycles. The summed E-state index contributed by atoms with van der Waals surface area (Å²) in [5.41, 5.74) is 0.994. The Balaban J connectivity index is 1.58. The van der Waals surface area contributed by atoms with Gasteiger partial charge in [0.15, 0.2) is 9.84 Å². The molecule has 2 aromatic carbocycles. The second-order valence-corrected chi connectivity index (χ2v) is 12.9. The number of piperidine rings is 1. The molecule has 4 rings (SSSR count). The summed E-state index contributed by atoms with van der Waals surface area (Å²) < 4.78 is 70.0. The lowest BCUT2D eigenvalue weighted by Crippen LogP contribution is -2.47. The lowest BCUT2D eigenvalue weighted by Gasteiger charge is -2.33. The summed E-state index contributed by atoms with van der Waals surface area (Å²) in [4.78, 5) is 31.7. The Labute approximate surface area is 253 Å². The number of amides is 2. The van der Waals surface area contributed by atoms with Gasteiger partial charge in [-0.2, -0.15) is 13.2 Å². The van der Waals surface area contributed by atoms with Gasteiger partial charge in [0.05, 0.1) is 41.6 Å². The van der Waals surface area contributed by atoms with Gasteiger partial charge in [0, 0.05) is 36.9 Å². The molecule has 0 radical (unpaired) electrons. The fraction of sp³-hybridized carbons (Fsp3) is 0.433. The minimum Gasteiger partial charge on any atom is -0.495 e. The van der Waals surface area contributed by atoms with E-state index in [0.717, 1.165) is 17.2 Å². The number of halogens is 3. The number of nitrogens with zero attached hydrogens (tertiary/aromatic N) is 3. The number of aromatic nitrogens is 2. The third-order valence-electron chi connectivity index (χ3n) is 7.15. The first kappa shape index (κ1) is 32.7. The fourth-order valence-corrected chi connectivity index (χ4v) is 5.59. The number of rotatable bonds is 8. The van der Waals surface area contributed by atoms with Gasteiger partial charge in [0.2, 0.25) is 5.91 Å². The van der Waals surface area contributed by atoms with E-state index in [1.165, 1.54) is 37.4 Å². The van der Waals surface area contributed by atoms with E-state index >= 15 is 0 Å². The Morgan fingerprint density at radius 1 is 1.16 bits per heavy atom. The molecule has 1 fully saturated rings. The average Bonchev–Trinajstić information content (AvgIpc) is 3.35. The highest BCUT2D eigenvalue weighted by Crippen LogP contribution is 2.28. The molecular weight excluding hydrogens is 599 g/mol. The molecule has 3 aromatic rings. The van der Waals surface area contributed by atoms with E-state index in [0.29, 0.717) is 42.9 Å². The maximum absolute atomic E-state index is 13.4. The van der Waals surface area contributed by atoms with Gasteiger partial charge < -0.3 is 24.8 Å². The van der Waals surface area contributed by atoms with E-state index in [2.05, 4.69) is 27.5 Å². The molecule has 10 nitrogen and oxygen atoms in total. The number of carbonyl (C=O) groups is 2. The Morgan fingerprint density at radius 2 is 1.86 bits per heavy atom. The predicted molar refractivity (Wildman–Crippen MR) is 159 cm³/mol. The summed E-state index contributed by atoms with van der Waals surface area (Å²) in [6.45, 7) is 3.40. The minimum absolute atomic E-state index is 0.0403. The summed E-state index contributed by atoms with van der Waals surface area (Å²) in [6.07, 6.45) is -1.29. The van der Waals surface area contributed by atoms with Crippen LogP contribution in [0.1, 0.15) is 42.6 Å². The van der Waals surface area contributed by atoms with Crippen molar-refractivity contribution in [3.05, 3.63) is 47.8 Å². The van der Waals surface area contributed by atoms with Gasteiger partial charge in [0.25, 0.3) is 5.91 Å². The van der Waals surface area contributed by atoms with E-state index in [1.807, 2.05) is 13.8 Å². The Hall–Kier alpha value is -4.25. The Morgan fingerprint density at radius 3 is 2.48 bits per heavy atom. The van der Waals surface area contributed by atoms with Crippen LogP contribution in [-0.2, 0) is 21.2 Å². The number of ether oxygens (including phenoxy) is 1. The van der Waals surface area contributed by atoms with Crippen molar-refractivity contribution in [1.29, 1.82) is 0 Å². The molecular formula is C30H34F3N5O5S. The van der Waals surface area contributed by atoms with Gasteiger partial charge in [-0.05, 0) is 43.2 Å². The van der Waals surface area contributed by atoms with Crippen molar-refractivity contribution >= 4 is 38.4 Å². The highest BCUT2D eigenvalue weighted by molar-refractivity contribution is 7.90. The molecule has 14 heteroatoms. The van der Waals surface area contributed by atoms with Crippen molar-refractivity contribution in [1.82, 2.24) is 19.8 Å². The van der Waals surface area contributed by atoms with Crippen LogP contribution in [-0.4, -0.2) is 79.9 Å². The van der Waals surface area contributed by atoms with Crippen LogP contribution in [0, 0.1) is 17.8 Å². The topological polar surface area (TPSA) is 123 Å². The first-order chi connectivity index (χ1) is 20.7. The molecule has 2 N–H and O–H groups in total. The largest absolute Gasteiger partial charge is 0.495 e. The number of likely N-dealkylation sites (tertiary alicyclic amines) is 1. The first-order valence-electron chi connectivity index (χ1n) is 13.9. The van der Waals surface area contributed by atoms with E-state index < -0.39 is 28.5 Å². The summed E-state index contributed by atoms with van der Waals surface area (Å²) in [6, 6.07) is 7.06. The number of hydrogen-bond donors (Lipinski definition) is 2. The number of imidazole rings is 1. The van der Waals surface area contributed by atoms with Crippen molar-refractivity contribution in [3.8, 4) is 17.6 Å². The monoisotopic (exact) mass is 633 g/mol. The second-order valence-electron chi connectivity index (χ2n) is 10.9. The Bertz CT molecular complexity index is 1720. The van der Waals surface area contributed by atoms with E-state index in [9.17, 15) is 31.2 Å². The molecule has 1 saturated heterocycles. The number of fused-ring (bicyclic) bond motifs is 1. The van der Waals surface area contributed by atoms with Crippen molar-refractivity contribution in [3.63, 3.8) is 0 Å². The second kappa shape index (κ2) is 13.2. The SMILES string of the molecule is COc1ccc(S(C)(=O)=O)cc1NCC#Cc1cc(C(=O)NC2CCN(C(=O)C(C)C)CC2)c2ncn(CC(F)(F)F)c2c1. The number of methoxy groups -OCH3 is 1. The van der Waals surface area contributed by atoms with Crippen molar-refractivity contribution in [2.45, 2.75) is 50.3 Å². The molecule has 0 saturated carbocycles. The maximum atomic E-state index is 13.4. The quantitative estimate of drug-likeness (QED) is 0.362. The maximum Gasteiger partial charge on any atom is 0.406 e. The van der Waals surface area contributed by atoms with Crippen molar-refractivity contribution in [2.75, 3.05) is 38.3 Å². The molecule has 44 heavy (non-hydrogen) atoms. The molecule has 0 aliphatic carbocycles. The number of nitrogens with one attached hydrogen (secondary N) is 2. The van der Waals surface area contributed by atoms with Crippen LogP contribution in [0.15, 0.2) is 41.6 Å². The molecule has 0 spiro atoms. The fourth-order valence-electron chi connectivity index (χ4n) is 4.94. The molecule has 1 aliphatic heterocycles. The number of anilines is 1. The summed E-state index contributed by atoms with van der Waals surface area (Å²) in [7, 11) is -2.03. The highest BCUT2D eigenvalue weighted by atomic mass is 32.2. The molecule has 236 valence electrons. The number of carbonyl (C=O) groups excluding carboxylic acids is 2. The van der Waals surface area contributed by atoms with Crippen LogP contribution in [0.4, 0.5) is 18.9 Å². The molecule has 1 aliphatic rings. The standard InChI is InChI=1S/C30H34F3N5O5S/c1-19(2)29(40)37-12-9-21(10-13-37)36-28(39)23-14-20(15-25-27(23)35-18-38(25)17-30(31,32)33)6-5-11-34-24-16-22(44(4,41)42)7-8-26(24)43-3/h7-8,14-16,18-19,21,34H,9-13,17H2,1-4H3,(H,36,39). The molecule has 2 amide bonds. The van der Waals surface area contributed by atoms with Crippen molar-refractivity contribution in [2.24, 2.45) is 5.92 Å². The Kier molecular flexibility index (Phi) is 9.78. The minimum atomic E-state index is -4.51. The predicted octanol–water partition coefficient (Wildman–Crippen LogP) is 3.85. The van der Waals surface area contributed by atoms with Gasteiger partial charge in [-0.1, -0.05) is 25.7 Å². The zero-order valence-corrected chi connectivity index (χ0v) is 25.6.